The maximum atomic E-state index is 12.5. The number of rotatable bonds is 9. The molecule has 0 spiro atoms. The summed E-state index contributed by atoms with van der Waals surface area (Å²) in [6.07, 6.45) is 1.09. The lowest BCUT2D eigenvalue weighted by atomic mass is 10.2. The molecule has 29 heavy (non-hydrogen) atoms. The zero-order valence-electron chi connectivity index (χ0n) is 16.2. The summed E-state index contributed by atoms with van der Waals surface area (Å²) in [6, 6.07) is 9.73. The fraction of sp³-hybridized carbons (Fsp3) is 0.294. The number of sulfone groups is 1. The van der Waals surface area contributed by atoms with Gasteiger partial charge in [-0.1, -0.05) is 0 Å². The van der Waals surface area contributed by atoms with E-state index in [-0.39, 0.29) is 22.0 Å². The molecule has 0 heterocycles. The molecule has 0 saturated carbocycles. The predicted molar refractivity (Wildman–Crippen MR) is 107 cm³/mol. The molecule has 0 aromatic heterocycles. The lowest BCUT2D eigenvalue weighted by Crippen LogP contribution is -2.18. The Labute approximate surface area is 168 Å². The van der Waals surface area contributed by atoms with E-state index >= 15 is 0 Å². The van der Waals surface area contributed by atoms with Gasteiger partial charge < -0.3 is 19.1 Å². The van der Waals surface area contributed by atoms with Gasteiger partial charge in [0.05, 0.1) is 9.82 Å². The fourth-order valence-electron chi connectivity index (χ4n) is 2.44. The first-order valence-corrected chi connectivity index (χ1v) is 11.7. The molecule has 12 heteroatoms. The van der Waals surface area contributed by atoms with Crippen molar-refractivity contribution < 1.29 is 31.7 Å². The van der Waals surface area contributed by atoms with E-state index < -0.39 is 28.1 Å². The topological polar surface area (TPSA) is 134 Å². The third-order valence-corrected chi connectivity index (χ3v) is 7.22. The molecule has 1 atom stereocenters. The summed E-state index contributed by atoms with van der Waals surface area (Å²) in [4.78, 5) is 10.9. The highest BCUT2D eigenvalue weighted by Crippen LogP contribution is 2.52. The lowest BCUT2D eigenvalue weighted by molar-refractivity contribution is -0.384. The van der Waals surface area contributed by atoms with Gasteiger partial charge >= 0.3 is 7.60 Å². The molecule has 0 aliphatic carbocycles. The summed E-state index contributed by atoms with van der Waals surface area (Å²) in [5, 5.41) is 14.1. The molecule has 0 bridgehead atoms. The van der Waals surface area contributed by atoms with Gasteiger partial charge in [-0.15, -0.1) is 0 Å². The Morgan fingerprint density at radius 3 is 2.10 bits per heavy atom. The predicted octanol–water partition coefficient (Wildman–Crippen LogP) is 4.03. The summed E-state index contributed by atoms with van der Waals surface area (Å²) in [7, 11) is -4.42. The molecule has 2 rings (SSSR count). The Morgan fingerprint density at radius 1 is 1.07 bits per heavy atom. The molecule has 0 aliphatic heterocycles. The number of ether oxygens (including phenoxy) is 1. The van der Waals surface area contributed by atoms with Crippen LogP contribution in [0.1, 0.15) is 6.92 Å². The van der Waals surface area contributed by atoms with E-state index in [2.05, 4.69) is 5.32 Å². The minimum absolute atomic E-state index is 0.0575. The fourth-order valence-corrected chi connectivity index (χ4v) is 4.15. The Morgan fingerprint density at radius 2 is 1.62 bits per heavy atom. The molecule has 10 nitrogen and oxygen atoms in total. The second kappa shape index (κ2) is 8.91. The number of benzene rings is 2. The molecule has 2 aromatic carbocycles. The first-order chi connectivity index (χ1) is 13.5. The third-order valence-electron chi connectivity index (χ3n) is 4.00. The number of nitrogens with zero attached hydrogens (tertiary/aromatic N) is 1. The number of anilines is 1. The second-order valence-electron chi connectivity index (χ2n) is 6.01. The number of hydrogen-bond acceptors (Lipinski definition) is 9. The van der Waals surface area contributed by atoms with Crippen molar-refractivity contribution >= 4 is 28.8 Å². The molecule has 2 aromatic rings. The van der Waals surface area contributed by atoms with Crippen molar-refractivity contribution in [2.24, 2.45) is 0 Å². The minimum Gasteiger partial charge on any atom is -0.457 e. The molecule has 0 amide bonds. The van der Waals surface area contributed by atoms with Crippen LogP contribution in [-0.2, 0) is 23.4 Å². The Hall–Kier alpha value is -2.46. The number of hydrogen-bond donors (Lipinski definition) is 1. The summed E-state index contributed by atoms with van der Waals surface area (Å²) in [5.41, 5.74) is -0.197. The molecule has 1 N–H and O–H groups in total. The van der Waals surface area contributed by atoms with Crippen LogP contribution in [0.2, 0.25) is 0 Å². The van der Waals surface area contributed by atoms with Crippen LogP contribution in [0, 0.1) is 10.1 Å². The van der Waals surface area contributed by atoms with Crippen molar-refractivity contribution in [1.29, 1.82) is 0 Å². The van der Waals surface area contributed by atoms with Crippen molar-refractivity contribution in [3.05, 3.63) is 52.6 Å². The molecule has 0 aliphatic rings. The first kappa shape index (κ1) is 22.8. The Kier molecular flexibility index (Phi) is 7.02. The average Bonchev–Trinajstić information content (AvgIpc) is 2.67. The molecular weight excluding hydrogens is 423 g/mol. The van der Waals surface area contributed by atoms with Crippen molar-refractivity contribution in [1.82, 2.24) is 0 Å². The van der Waals surface area contributed by atoms with E-state index in [1.807, 2.05) is 0 Å². The van der Waals surface area contributed by atoms with Gasteiger partial charge in [0.15, 0.2) is 9.84 Å². The minimum atomic E-state index is -3.52. The highest BCUT2D eigenvalue weighted by atomic mass is 32.2. The van der Waals surface area contributed by atoms with Crippen LogP contribution in [0.4, 0.5) is 11.4 Å². The van der Waals surface area contributed by atoms with Gasteiger partial charge in [-0.3, -0.25) is 14.7 Å². The lowest BCUT2D eigenvalue weighted by Gasteiger charge is -2.22. The van der Waals surface area contributed by atoms with Gasteiger partial charge in [0.25, 0.3) is 5.69 Å². The maximum absolute atomic E-state index is 12.5. The van der Waals surface area contributed by atoms with E-state index in [1.165, 1.54) is 63.6 Å². The van der Waals surface area contributed by atoms with Crippen LogP contribution < -0.4 is 10.1 Å². The van der Waals surface area contributed by atoms with Crippen molar-refractivity contribution in [2.45, 2.75) is 17.6 Å². The number of nitro groups is 1. The summed E-state index contributed by atoms with van der Waals surface area (Å²) in [6.45, 7) is 1.51. The van der Waals surface area contributed by atoms with E-state index in [4.69, 9.17) is 13.8 Å². The second-order valence-corrected chi connectivity index (χ2v) is 10.6. The van der Waals surface area contributed by atoms with Crippen molar-refractivity contribution in [2.75, 3.05) is 25.8 Å². The Bertz CT molecular complexity index is 1030. The van der Waals surface area contributed by atoms with Crippen molar-refractivity contribution in [3.63, 3.8) is 0 Å². The third kappa shape index (κ3) is 5.54. The average molecular weight is 444 g/mol. The van der Waals surface area contributed by atoms with Crippen LogP contribution in [-0.4, -0.2) is 39.6 Å². The van der Waals surface area contributed by atoms with Gasteiger partial charge in [-0.2, -0.15) is 0 Å². The van der Waals surface area contributed by atoms with E-state index in [0.717, 1.165) is 6.26 Å². The number of nitrogens with one attached hydrogen (secondary N) is 1. The highest BCUT2D eigenvalue weighted by molar-refractivity contribution is 7.90. The zero-order valence-corrected chi connectivity index (χ0v) is 17.9. The monoisotopic (exact) mass is 444 g/mol. The van der Waals surface area contributed by atoms with E-state index in [9.17, 15) is 23.1 Å². The van der Waals surface area contributed by atoms with Crippen LogP contribution in [0.5, 0.6) is 11.5 Å². The molecule has 0 radical (unpaired) electrons. The normalized spacial score (nSPS) is 13.0. The van der Waals surface area contributed by atoms with Gasteiger partial charge in [-0.25, -0.2) is 8.42 Å². The SMILES string of the molecule is COP(=O)(OC)C(C)Nc1cc(Oc2ccc(S(C)(=O)=O)cc2)ccc1[N+](=O)[O-]. The summed E-state index contributed by atoms with van der Waals surface area (Å²) < 4.78 is 51.0. The number of nitro benzene ring substituents is 1. The van der Waals surface area contributed by atoms with Crippen LogP contribution in [0.25, 0.3) is 0 Å². The smallest absolute Gasteiger partial charge is 0.351 e. The Balaban J connectivity index is 2.32. The van der Waals surface area contributed by atoms with Gasteiger partial charge in [-0.05, 0) is 37.3 Å². The molecule has 1 unspecified atom stereocenters. The van der Waals surface area contributed by atoms with Crippen molar-refractivity contribution in [3.8, 4) is 11.5 Å². The van der Waals surface area contributed by atoms with Gasteiger partial charge in [0, 0.05) is 32.6 Å². The van der Waals surface area contributed by atoms with E-state index in [1.54, 1.807) is 0 Å². The molecule has 158 valence electrons. The van der Waals surface area contributed by atoms with Gasteiger partial charge in [0.1, 0.15) is 23.0 Å². The van der Waals surface area contributed by atoms with Crippen LogP contribution >= 0.6 is 7.60 Å². The molecule has 0 fully saturated rings. The summed E-state index contributed by atoms with van der Waals surface area (Å²) in [5.74, 6) is -0.285. The quantitative estimate of drug-likeness (QED) is 0.345. The van der Waals surface area contributed by atoms with E-state index in [0.29, 0.717) is 5.75 Å². The van der Waals surface area contributed by atoms with Crippen LogP contribution in [0.15, 0.2) is 47.4 Å². The maximum Gasteiger partial charge on any atom is 0.351 e. The molecular formula is C17H21N2O8PS. The standard InChI is InChI=1S/C17H21N2O8PS/c1-12(28(22,25-2)26-3)18-16-11-14(7-10-17(16)19(20)21)27-13-5-8-15(9-6-13)29(4,23)24/h5-12,18H,1-4H3. The van der Waals surface area contributed by atoms with Crippen LogP contribution in [0.3, 0.4) is 0 Å². The highest BCUT2D eigenvalue weighted by Gasteiger charge is 2.31. The van der Waals surface area contributed by atoms with Gasteiger partial charge in [0.2, 0.25) is 0 Å². The zero-order chi connectivity index (χ0) is 21.8. The molecule has 0 saturated heterocycles. The largest absolute Gasteiger partial charge is 0.457 e. The summed E-state index contributed by atoms with van der Waals surface area (Å²) >= 11 is 0. The first-order valence-electron chi connectivity index (χ1n) is 8.24.